The van der Waals surface area contributed by atoms with Gasteiger partial charge < -0.3 is 9.05 Å². The van der Waals surface area contributed by atoms with Crippen LogP contribution in [-0.2, 0) is 14.8 Å². The molecule has 0 fully saturated rings. The van der Waals surface area contributed by atoms with Gasteiger partial charge in [0.1, 0.15) is 18.0 Å². The van der Waals surface area contributed by atoms with Crippen LogP contribution in [0.4, 0.5) is 0 Å². The largest absolute Gasteiger partial charge is 0.514 e. The molecule has 1 N–H and O–H groups in total. The van der Waals surface area contributed by atoms with Crippen LogP contribution < -0.4 is 13.8 Å². The number of para-hydroxylation sites is 2. The Morgan fingerprint density at radius 2 is 1.54 bits per heavy atom. The van der Waals surface area contributed by atoms with Gasteiger partial charge in [0, 0.05) is 10.7 Å². The fourth-order valence-electron chi connectivity index (χ4n) is 1.64. The smallest absolute Gasteiger partial charge is 0.411 e. The molecule has 0 bridgehead atoms. The maximum absolute atomic E-state index is 13.0. The van der Waals surface area contributed by atoms with Crippen LogP contribution in [0.15, 0.2) is 60.7 Å². The normalized spacial score (nSPS) is 11.9. The van der Waals surface area contributed by atoms with Gasteiger partial charge in [-0.25, -0.2) is 13.5 Å². The molecule has 24 heavy (non-hydrogen) atoms. The lowest BCUT2D eigenvalue weighted by Gasteiger charge is -2.14. The Hall–Kier alpha value is -1.84. The van der Waals surface area contributed by atoms with E-state index in [1.165, 1.54) is 0 Å². The van der Waals surface area contributed by atoms with Gasteiger partial charge in [-0.1, -0.05) is 41.2 Å². The van der Waals surface area contributed by atoms with Gasteiger partial charge in [0.2, 0.25) is 0 Å². The molecular weight excluding hydrogens is 371 g/mol. The average Bonchev–Trinajstić information content (AvgIpc) is 2.56. The van der Waals surface area contributed by atoms with Crippen molar-refractivity contribution in [1.82, 2.24) is 4.72 Å². The molecule has 2 aromatic carbocycles. The van der Waals surface area contributed by atoms with E-state index in [0.29, 0.717) is 11.5 Å². The molecule has 2 rings (SSSR count). The molecule has 0 amide bonds. The van der Waals surface area contributed by atoms with Crippen molar-refractivity contribution >= 4 is 28.5 Å². The van der Waals surface area contributed by atoms with Crippen LogP contribution in [0, 0.1) is 6.07 Å². The lowest BCUT2D eigenvalue weighted by molar-refractivity contribution is 0.389. The van der Waals surface area contributed by atoms with Crippen molar-refractivity contribution in [2.24, 2.45) is 0 Å². The molecule has 6 nitrogen and oxygen atoms in total. The summed E-state index contributed by atoms with van der Waals surface area (Å²) >= 11 is 0. The van der Waals surface area contributed by atoms with Gasteiger partial charge in [-0.05, 0) is 24.3 Å². The number of nitrogens with zero attached hydrogens (tertiary/aromatic N) is 1. The summed E-state index contributed by atoms with van der Waals surface area (Å²) in [5.41, 5.74) is 0. The molecule has 0 saturated carbocycles. The van der Waals surface area contributed by atoms with Gasteiger partial charge in [-0.2, -0.15) is 0 Å². The number of halogens is 1. The van der Waals surface area contributed by atoms with Crippen LogP contribution in [0.3, 0.4) is 0 Å². The first-order valence-corrected chi connectivity index (χ1v) is 10.6. The molecular formula is C15H15ClN2O4PS+. The Balaban J connectivity index is 2.11. The van der Waals surface area contributed by atoms with Crippen LogP contribution in [0.1, 0.15) is 0 Å². The molecule has 0 spiro atoms. The molecule has 0 radical (unpaired) electrons. The first-order valence-electron chi connectivity index (χ1n) is 6.87. The Kier molecular flexibility index (Phi) is 7.29. The van der Waals surface area contributed by atoms with Crippen LogP contribution in [0.25, 0.3) is 4.85 Å². The summed E-state index contributed by atoms with van der Waals surface area (Å²) in [6.07, 6.45) is -0.243. The monoisotopic (exact) mass is 385 g/mol. The van der Waals surface area contributed by atoms with Gasteiger partial charge in [0.25, 0.3) is 6.07 Å². The molecule has 9 heteroatoms. The zero-order valence-electron chi connectivity index (χ0n) is 12.5. The minimum absolute atomic E-state index is 0.0484. The predicted octanol–water partition coefficient (Wildman–Crippen LogP) is 4.04. The minimum Gasteiger partial charge on any atom is -0.411 e. The fourth-order valence-corrected chi connectivity index (χ4v) is 3.30. The number of benzene rings is 2. The van der Waals surface area contributed by atoms with Crippen LogP contribution in [0.2, 0.25) is 0 Å². The predicted molar refractivity (Wildman–Crippen MR) is 95.9 cm³/mol. The highest BCUT2D eigenvalue weighted by atomic mass is 35.7. The first kappa shape index (κ1) is 18.5. The molecule has 1 atom stereocenters. The van der Waals surface area contributed by atoms with E-state index < -0.39 is 17.8 Å². The number of hydrogen-bond donors (Lipinski definition) is 1. The van der Waals surface area contributed by atoms with Gasteiger partial charge in [-0.15, -0.1) is 0 Å². The zero-order valence-corrected chi connectivity index (χ0v) is 15.0. The highest BCUT2D eigenvalue weighted by molar-refractivity contribution is 8.06. The van der Waals surface area contributed by atoms with E-state index in [0.717, 1.165) is 0 Å². The van der Waals surface area contributed by atoms with E-state index in [9.17, 15) is 8.77 Å². The topological polar surface area (TPSA) is 69.0 Å². The second-order valence-electron chi connectivity index (χ2n) is 4.42. The third-order valence-corrected chi connectivity index (χ3v) is 4.76. The molecule has 2 aromatic rings. The number of rotatable bonds is 7. The molecule has 0 aliphatic rings. The van der Waals surface area contributed by atoms with Crippen LogP contribution >= 0.6 is 18.3 Å². The van der Waals surface area contributed by atoms with Gasteiger partial charge >= 0.3 is 13.9 Å². The molecule has 0 saturated heterocycles. The van der Waals surface area contributed by atoms with E-state index in [4.69, 9.17) is 19.7 Å². The van der Waals surface area contributed by atoms with Gasteiger partial charge in [0.15, 0.2) is 10.2 Å². The van der Waals surface area contributed by atoms with Crippen molar-refractivity contribution in [3.8, 4) is 17.6 Å². The van der Waals surface area contributed by atoms with E-state index in [2.05, 4.69) is 15.6 Å². The second kappa shape index (κ2) is 9.45. The Labute approximate surface area is 147 Å². The second-order valence-corrected chi connectivity index (χ2v) is 7.87. The summed E-state index contributed by atoms with van der Waals surface area (Å²) in [6, 6.07) is 19.9. The lowest BCUT2D eigenvalue weighted by Crippen LogP contribution is -2.11. The molecule has 126 valence electrons. The van der Waals surface area contributed by atoms with Gasteiger partial charge in [-0.3, -0.25) is 0 Å². The third kappa shape index (κ3) is 6.73. The number of hydrogen-bond acceptors (Lipinski definition) is 4. The average molecular weight is 386 g/mol. The minimum atomic E-state index is -3.59. The maximum Gasteiger partial charge on any atom is 0.514 e. The van der Waals surface area contributed by atoms with Crippen molar-refractivity contribution < 1.29 is 17.8 Å². The molecule has 1 unspecified atom stereocenters. The highest BCUT2D eigenvalue weighted by Crippen LogP contribution is 2.48. The van der Waals surface area contributed by atoms with E-state index >= 15 is 0 Å². The molecule has 0 aliphatic heterocycles. The Morgan fingerprint density at radius 3 is 2.00 bits per heavy atom. The van der Waals surface area contributed by atoms with Crippen molar-refractivity contribution in [2.75, 3.05) is 12.8 Å². The standard InChI is InChI=1S/C15H15ClN2O4PS/c16-24(20)18-12-11-17-13-23(19,21-14-7-3-1-4-8-14)22-15-9-5-2-6-10-15/h1-10,18H,12-13H2/q+1. The Bertz CT molecular complexity index is 735. The zero-order chi connectivity index (χ0) is 17.3. The van der Waals surface area contributed by atoms with Crippen molar-refractivity contribution in [2.45, 2.75) is 0 Å². The summed E-state index contributed by atoms with van der Waals surface area (Å²) in [4.78, 5) is 3.89. The summed E-state index contributed by atoms with van der Waals surface area (Å²) in [5.74, 6) is 0.818. The van der Waals surface area contributed by atoms with E-state index in [1.807, 2.05) is 12.1 Å². The Morgan fingerprint density at radius 1 is 1.04 bits per heavy atom. The summed E-state index contributed by atoms with van der Waals surface area (Å²) < 4.78 is 37.1. The van der Waals surface area contributed by atoms with Crippen molar-refractivity contribution in [1.29, 1.82) is 0 Å². The SMILES string of the molecule is O=S(Cl)NCC#[N+]CP(=O)(Oc1ccccc1)Oc1ccccc1. The summed E-state index contributed by atoms with van der Waals surface area (Å²) in [7, 11) is -0.0413. The van der Waals surface area contributed by atoms with Crippen molar-refractivity contribution in [3.05, 3.63) is 65.5 Å². The van der Waals surface area contributed by atoms with Crippen molar-refractivity contribution in [3.63, 3.8) is 0 Å². The number of nitrogens with one attached hydrogen (secondary N) is 1. The third-order valence-electron chi connectivity index (χ3n) is 2.60. The fraction of sp³-hybridized carbons (Fsp3) is 0.133. The van der Waals surface area contributed by atoms with E-state index in [-0.39, 0.29) is 12.8 Å². The highest BCUT2D eigenvalue weighted by Gasteiger charge is 2.34. The first-order chi connectivity index (χ1) is 11.6. The lowest BCUT2D eigenvalue weighted by atomic mass is 10.3. The van der Waals surface area contributed by atoms with E-state index in [1.54, 1.807) is 48.5 Å². The quantitative estimate of drug-likeness (QED) is 0.444. The summed E-state index contributed by atoms with van der Waals surface area (Å²) in [6.45, 7) is 0.0484. The molecule has 0 heterocycles. The molecule has 0 aromatic heterocycles. The molecule has 0 aliphatic carbocycles. The maximum atomic E-state index is 13.0. The van der Waals surface area contributed by atoms with Crippen LogP contribution in [-0.4, -0.2) is 17.0 Å². The van der Waals surface area contributed by atoms with Gasteiger partial charge in [0.05, 0.1) is 0 Å². The van der Waals surface area contributed by atoms with Crippen LogP contribution in [0.5, 0.6) is 11.5 Å². The summed E-state index contributed by atoms with van der Waals surface area (Å²) in [5, 5.41) is 0.